The van der Waals surface area contributed by atoms with Crippen LogP contribution >= 0.6 is 11.8 Å². The van der Waals surface area contributed by atoms with Crippen molar-refractivity contribution in [2.75, 3.05) is 11.9 Å². The fraction of sp³-hybridized carbons (Fsp3) is 0.286. The number of carbonyl (C=O) groups is 3. The molecular weight excluding hydrogens is 376 g/mol. The molecule has 0 bridgehead atoms. The molecule has 1 aromatic heterocycles. The summed E-state index contributed by atoms with van der Waals surface area (Å²) in [6.07, 6.45) is 3.25. The van der Waals surface area contributed by atoms with E-state index in [0.29, 0.717) is 34.0 Å². The van der Waals surface area contributed by atoms with Crippen LogP contribution in [0.4, 0.5) is 5.69 Å². The Morgan fingerprint density at radius 3 is 2.50 bits per heavy atom. The number of nitrogens with one attached hydrogen (secondary N) is 1. The van der Waals surface area contributed by atoms with Crippen LogP contribution in [0.2, 0.25) is 0 Å². The number of furan rings is 1. The molecule has 0 unspecified atom stereocenters. The third kappa shape index (κ3) is 4.36. The fourth-order valence-corrected chi connectivity index (χ4v) is 3.96. The van der Waals surface area contributed by atoms with Crippen LogP contribution in [-0.4, -0.2) is 29.2 Å². The maximum absolute atomic E-state index is 13.0. The summed E-state index contributed by atoms with van der Waals surface area (Å²) in [4.78, 5) is 38.9. The molecule has 2 heterocycles. The van der Waals surface area contributed by atoms with Gasteiger partial charge in [0.25, 0.3) is 11.8 Å². The molecular formula is C21H22N2O4S. The van der Waals surface area contributed by atoms with Gasteiger partial charge in [-0.3, -0.25) is 19.3 Å². The Bertz CT molecular complexity index is 901. The summed E-state index contributed by atoms with van der Waals surface area (Å²) in [5.41, 5.74) is 1.71. The maximum Gasteiger partial charge on any atom is 0.267 e. The highest BCUT2D eigenvalue weighted by Crippen LogP contribution is 2.38. The summed E-state index contributed by atoms with van der Waals surface area (Å²) in [5.74, 6) is 0.518. The van der Waals surface area contributed by atoms with Crippen LogP contribution in [0.15, 0.2) is 52.0 Å². The first-order valence-electron chi connectivity index (χ1n) is 9.15. The Labute approximate surface area is 168 Å². The molecule has 3 amide bonds. The van der Waals surface area contributed by atoms with E-state index in [0.717, 1.165) is 18.6 Å². The molecule has 0 radical (unpaired) electrons. The van der Waals surface area contributed by atoms with Gasteiger partial charge < -0.3 is 9.73 Å². The van der Waals surface area contributed by atoms with E-state index in [4.69, 9.17) is 4.42 Å². The van der Waals surface area contributed by atoms with Gasteiger partial charge in [0.15, 0.2) is 0 Å². The van der Waals surface area contributed by atoms with E-state index in [1.165, 1.54) is 23.6 Å². The van der Waals surface area contributed by atoms with Gasteiger partial charge in [-0.25, -0.2) is 0 Å². The van der Waals surface area contributed by atoms with Crippen molar-refractivity contribution in [2.24, 2.45) is 0 Å². The van der Waals surface area contributed by atoms with E-state index in [1.54, 1.807) is 36.6 Å². The lowest BCUT2D eigenvalue weighted by atomic mass is 10.1. The number of rotatable bonds is 8. The van der Waals surface area contributed by atoms with Crippen molar-refractivity contribution < 1.29 is 18.8 Å². The molecule has 2 aromatic rings. The van der Waals surface area contributed by atoms with Crippen molar-refractivity contribution in [3.8, 4) is 0 Å². The normalized spacial score (nSPS) is 14.1. The summed E-state index contributed by atoms with van der Waals surface area (Å²) < 4.78 is 5.35. The standard InChI is InChI=1S/C21H22N2O4S/c1-3-4-11-23-20(25)18(15-7-9-16(10-8-15)22-14(2)24)19(21(23)26)28-13-17-6-5-12-27-17/h5-10,12H,3-4,11,13H2,1-2H3,(H,22,24). The number of imide groups is 1. The lowest BCUT2D eigenvalue weighted by Gasteiger charge is -2.14. The van der Waals surface area contributed by atoms with E-state index >= 15 is 0 Å². The Kier molecular flexibility index (Phi) is 6.36. The number of nitrogens with zero attached hydrogens (tertiary/aromatic N) is 1. The highest BCUT2D eigenvalue weighted by atomic mass is 32.2. The Hall–Kier alpha value is -2.80. The lowest BCUT2D eigenvalue weighted by molar-refractivity contribution is -0.136. The molecule has 3 rings (SSSR count). The van der Waals surface area contributed by atoms with Crippen molar-refractivity contribution in [3.63, 3.8) is 0 Å². The van der Waals surface area contributed by atoms with E-state index in [-0.39, 0.29) is 17.7 Å². The molecule has 7 heteroatoms. The highest BCUT2D eigenvalue weighted by molar-refractivity contribution is 8.03. The number of hydrogen-bond acceptors (Lipinski definition) is 5. The third-order valence-electron chi connectivity index (χ3n) is 4.29. The van der Waals surface area contributed by atoms with Gasteiger partial charge in [0, 0.05) is 19.2 Å². The van der Waals surface area contributed by atoms with Crippen molar-refractivity contribution >= 4 is 40.7 Å². The van der Waals surface area contributed by atoms with E-state index in [2.05, 4.69) is 5.32 Å². The van der Waals surface area contributed by atoms with Gasteiger partial charge >= 0.3 is 0 Å². The molecule has 146 valence electrons. The van der Waals surface area contributed by atoms with Crippen LogP contribution in [0, 0.1) is 0 Å². The van der Waals surface area contributed by atoms with Gasteiger partial charge in [-0.05, 0) is 36.2 Å². The summed E-state index contributed by atoms with van der Waals surface area (Å²) in [6.45, 7) is 3.86. The Balaban J connectivity index is 1.91. The van der Waals surface area contributed by atoms with Crippen molar-refractivity contribution in [1.82, 2.24) is 4.90 Å². The molecule has 1 aliphatic rings. The van der Waals surface area contributed by atoms with Crippen LogP contribution in [0.5, 0.6) is 0 Å². The van der Waals surface area contributed by atoms with Crippen molar-refractivity contribution in [3.05, 3.63) is 58.9 Å². The SMILES string of the molecule is CCCCN1C(=O)C(SCc2ccco2)=C(c2ccc(NC(C)=O)cc2)C1=O. The minimum atomic E-state index is -0.271. The summed E-state index contributed by atoms with van der Waals surface area (Å²) in [5, 5.41) is 2.70. The van der Waals surface area contributed by atoms with Crippen LogP contribution in [0.3, 0.4) is 0 Å². The topological polar surface area (TPSA) is 79.6 Å². The first-order valence-corrected chi connectivity index (χ1v) is 10.1. The molecule has 1 aliphatic heterocycles. The van der Waals surface area contributed by atoms with E-state index < -0.39 is 0 Å². The number of hydrogen-bond donors (Lipinski definition) is 1. The molecule has 0 aliphatic carbocycles. The fourth-order valence-electron chi connectivity index (χ4n) is 2.92. The molecule has 6 nitrogen and oxygen atoms in total. The zero-order chi connectivity index (χ0) is 20.1. The van der Waals surface area contributed by atoms with Gasteiger partial charge in [0.2, 0.25) is 5.91 Å². The minimum absolute atomic E-state index is 0.167. The van der Waals surface area contributed by atoms with Gasteiger partial charge in [-0.1, -0.05) is 25.5 Å². The molecule has 28 heavy (non-hydrogen) atoms. The minimum Gasteiger partial charge on any atom is -0.468 e. The Morgan fingerprint density at radius 1 is 1.14 bits per heavy atom. The monoisotopic (exact) mass is 398 g/mol. The molecule has 0 atom stereocenters. The molecule has 0 saturated heterocycles. The van der Waals surface area contributed by atoms with Crippen LogP contribution in [0.1, 0.15) is 38.0 Å². The third-order valence-corrected chi connectivity index (χ3v) is 5.39. The molecule has 1 N–H and O–H groups in total. The zero-order valence-electron chi connectivity index (χ0n) is 15.9. The first-order chi connectivity index (χ1) is 13.5. The molecule has 0 fully saturated rings. The van der Waals surface area contributed by atoms with Gasteiger partial charge in [-0.15, -0.1) is 11.8 Å². The molecule has 0 spiro atoms. The first kappa shape index (κ1) is 19.9. The number of anilines is 1. The van der Waals surface area contributed by atoms with Gasteiger partial charge in [0.05, 0.1) is 22.5 Å². The average molecular weight is 398 g/mol. The summed E-state index contributed by atoms with van der Waals surface area (Å²) in [7, 11) is 0. The van der Waals surface area contributed by atoms with Crippen LogP contribution < -0.4 is 5.32 Å². The predicted octanol–water partition coefficient (Wildman–Crippen LogP) is 4.05. The smallest absolute Gasteiger partial charge is 0.267 e. The number of unbranched alkanes of at least 4 members (excludes halogenated alkanes) is 1. The van der Waals surface area contributed by atoms with E-state index in [9.17, 15) is 14.4 Å². The maximum atomic E-state index is 13.0. The summed E-state index contributed by atoms with van der Waals surface area (Å²) >= 11 is 1.31. The number of amides is 3. The lowest BCUT2D eigenvalue weighted by Crippen LogP contribution is -2.32. The van der Waals surface area contributed by atoms with Gasteiger partial charge in [0.1, 0.15) is 5.76 Å². The van der Waals surface area contributed by atoms with Crippen LogP contribution in [-0.2, 0) is 20.1 Å². The number of benzene rings is 1. The van der Waals surface area contributed by atoms with Crippen LogP contribution in [0.25, 0.3) is 5.57 Å². The molecule has 1 aromatic carbocycles. The quantitative estimate of drug-likeness (QED) is 0.679. The second-order valence-corrected chi connectivity index (χ2v) is 7.43. The second-order valence-electron chi connectivity index (χ2n) is 6.45. The molecule has 0 saturated carbocycles. The van der Waals surface area contributed by atoms with Gasteiger partial charge in [-0.2, -0.15) is 0 Å². The Morgan fingerprint density at radius 2 is 1.89 bits per heavy atom. The second kappa shape index (κ2) is 8.93. The average Bonchev–Trinajstić information content (AvgIpc) is 3.26. The van der Waals surface area contributed by atoms with Crippen molar-refractivity contribution in [2.45, 2.75) is 32.4 Å². The highest BCUT2D eigenvalue weighted by Gasteiger charge is 2.38. The summed E-state index contributed by atoms with van der Waals surface area (Å²) in [6, 6.07) is 10.6. The largest absolute Gasteiger partial charge is 0.468 e. The number of thioether (sulfide) groups is 1. The number of carbonyl (C=O) groups excluding carboxylic acids is 3. The van der Waals surface area contributed by atoms with E-state index in [1.807, 2.05) is 13.0 Å². The van der Waals surface area contributed by atoms with Crippen molar-refractivity contribution in [1.29, 1.82) is 0 Å². The predicted molar refractivity (Wildman–Crippen MR) is 109 cm³/mol. The zero-order valence-corrected chi connectivity index (χ0v) is 16.7.